The maximum Gasteiger partial charge on any atom is 0.230 e. The number of ether oxygens (including phenoxy) is 2. The summed E-state index contributed by atoms with van der Waals surface area (Å²) in [7, 11) is 0. The lowest BCUT2D eigenvalue weighted by Crippen LogP contribution is -2.53. The highest BCUT2D eigenvalue weighted by atomic mass is 16.5. The predicted molar refractivity (Wildman–Crippen MR) is 89.3 cm³/mol. The van der Waals surface area contributed by atoms with Gasteiger partial charge in [-0.2, -0.15) is 0 Å². The lowest BCUT2D eigenvalue weighted by Gasteiger charge is -2.38. The van der Waals surface area contributed by atoms with Crippen LogP contribution in [0.3, 0.4) is 0 Å². The molecule has 0 bridgehead atoms. The average Bonchev–Trinajstić information content (AvgIpc) is 2.54. The Morgan fingerprint density at radius 1 is 0.792 bits per heavy atom. The molecule has 0 atom stereocenters. The molecule has 6 heteroatoms. The average molecular weight is 338 g/mol. The first-order chi connectivity index (χ1) is 11.4. The van der Waals surface area contributed by atoms with E-state index >= 15 is 0 Å². The van der Waals surface area contributed by atoms with E-state index in [2.05, 4.69) is 10.6 Å². The Hall–Kier alpha value is -1.14. The summed E-state index contributed by atoms with van der Waals surface area (Å²) in [5.74, 6) is 1.37. The molecule has 2 N–H and O–H groups in total. The molecular weight excluding hydrogens is 308 g/mol. The Bertz CT molecular complexity index is 433. The lowest BCUT2D eigenvalue weighted by molar-refractivity contribution is -0.158. The molecule has 2 amide bonds. The van der Waals surface area contributed by atoms with Crippen molar-refractivity contribution in [3.63, 3.8) is 0 Å². The molecule has 2 saturated heterocycles. The van der Waals surface area contributed by atoms with Crippen molar-refractivity contribution < 1.29 is 19.1 Å². The zero-order valence-corrected chi connectivity index (χ0v) is 14.9. The van der Waals surface area contributed by atoms with E-state index in [4.69, 9.17) is 9.47 Å². The van der Waals surface area contributed by atoms with Gasteiger partial charge >= 0.3 is 0 Å². The minimum Gasteiger partial charge on any atom is -0.379 e. The van der Waals surface area contributed by atoms with Gasteiger partial charge in [0.2, 0.25) is 11.8 Å². The second-order valence-corrected chi connectivity index (χ2v) is 8.41. The number of nitrogens with one attached hydrogen (secondary N) is 2. The molecule has 0 unspecified atom stereocenters. The maximum atomic E-state index is 12.1. The van der Waals surface area contributed by atoms with Crippen molar-refractivity contribution >= 4 is 11.8 Å². The molecule has 1 aliphatic carbocycles. The molecule has 136 valence electrons. The molecule has 3 fully saturated rings. The molecule has 0 spiro atoms. The van der Waals surface area contributed by atoms with Crippen molar-refractivity contribution in [2.45, 2.75) is 39.5 Å². The fourth-order valence-electron chi connectivity index (χ4n) is 3.62. The Kier molecular flexibility index (Phi) is 5.16. The van der Waals surface area contributed by atoms with Crippen LogP contribution in [-0.2, 0) is 19.1 Å². The molecule has 0 radical (unpaired) electrons. The zero-order chi connectivity index (χ0) is 17.2. The van der Waals surface area contributed by atoms with E-state index in [0.717, 1.165) is 38.8 Å². The second-order valence-electron chi connectivity index (χ2n) is 8.41. The van der Waals surface area contributed by atoms with Crippen LogP contribution >= 0.6 is 0 Å². The van der Waals surface area contributed by atoms with Gasteiger partial charge < -0.3 is 20.1 Å². The SMILES string of the molecule is CC1(C(=O)NCC2CCC(CNC(=O)C3(C)COC3)CC2)COC1. The highest BCUT2D eigenvalue weighted by molar-refractivity contribution is 5.83. The Morgan fingerprint density at radius 2 is 1.12 bits per heavy atom. The number of hydrogen-bond donors (Lipinski definition) is 2. The Morgan fingerprint density at radius 3 is 1.38 bits per heavy atom. The van der Waals surface area contributed by atoms with Gasteiger partial charge in [0.1, 0.15) is 0 Å². The van der Waals surface area contributed by atoms with Crippen molar-refractivity contribution in [3.8, 4) is 0 Å². The summed E-state index contributed by atoms with van der Waals surface area (Å²) in [6.45, 7) is 7.60. The fourth-order valence-corrected chi connectivity index (χ4v) is 3.62. The van der Waals surface area contributed by atoms with Crippen LogP contribution in [0.2, 0.25) is 0 Å². The molecule has 1 saturated carbocycles. The molecule has 6 nitrogen and oxygen atoms in total. The fraction of sp³-hybridized carbons (Fsp3) is 0.889. The van der Waals surface area contributed by atoms with E-state index in [1.165, 1.54) is 0 Å². The van der Waals surface area contributed by atoms with Crippen molar-refractivity contribution in [1.29, 1.82) is 0 Å². The topological polar surface area (TPSA) is 76.7 Å². The van der Waals surface area contributed by atoms with Crippen molar-refractivity contribution in [3.05, 3.63) is 0 Å². The van der Waals surface area contributed by atoms with E-state index in [1.807, 2.05) is 13.8 Å². The van der Waals surface area contributed by atoms with Crippen LogP contribution in [0.5, 0.6) is 0 Å². The molecule has 2 aliphatic heterocycles. The lowest BCUT2D eigenvalue weighted by atomic mass is 9.81. The molecular formula is C18H30N2O4. The van der Waals surface area contributed by atoms with Crippen LogP contribution in [-0.4, -0.2) is 51.3 Å². The van der Waals surface area contributed by atoms with Gasteiger partial charge in [-0.3, -0.25) is 9.59 Å². The summed E-state index contributed by atoms with van der Waals surface area (Å²) in [5.41, 5.74) is -0.633. The van der Waals surface area contributed by atoms with Crippen LogP contribution < -0.4 is 10.6 Å². The van der Waals surface area contributed by atoms with Crippen LogP contribution in [0.4, 0.5) is 0 Å². The zero-order valence-electron chi connectivity index (χ0n) is 14.9. The number of hydrogen-bond acceptors (Lipinski definition) is 4. The number of amides is 2. The third kappa shape index (κ3) is 3.75. The smallest absolute Gasteiger partial charge is 0.230 e. The van der Waals surface area contributed by atoms with Gasteiger partial charge in [-0.25, -0.2) is 0 Å². The van der Waals surface area contributed by atoms with E-state index < -0.39 is 0 Å². The molecule has 24 heavy (non-hydrogen) atoms. The molecule has 0 aromatic rings. The largest absolute Gasteiger partial charge is 0.379 e. The van der Waals surface area contributed by atoms with E-state index in [-0.39, 0.29) is 22.6 Å². The standard InChI is InChI=1S/C18H30N2O4/c1-17(9-23-10-17)15(21)19-7-13-3-5-14(6-4-13)8-20-16(22)18(2)11-24-12-18/h13-14H,3-12H2,1-2H3,(H,19,21)(H,20,22). The second kappa shape index (κ2) is 7.00. The minimum atomic E-state index is -0.317. The number of rotatable bonds is 6. The molecule has 3 aliphatic rings. The highest BCUT2D eigenvalue weighted by Crippen LogP contribution is 2.30. The van der Waals surface area contributed by atoms with Crippen LogP contribution in [0.15, 0.2) is 0 Å². The van der Waals surface area contributed by atoms with Crippen molar-refractivity contribution in [1.82, 2.24) is 10.6 Å². The molecule has 0 aromatic heterocycles. The third-order valence-electron chi connectivity index (χ3n) is 5.85. The summed E-state index contributed by atoms with van der Waals surface area (Å²) in [4.78, 5) is 24.2. The Labute approximate surface area is 144 Å². The highest BCUT2D eigenvalue weighted by Gasteiger charge is 2.42. The van der Waals surface area contributed by atoms with Gasteiger partial charge in [0.25, 0.3) is 0 Å². The normalized spacial score (nSPS) is 30.6. The molecule has 0 aromatic carbocycles. The van der Waals surface area contributed by atoms with Crippen molar-refractivity contribution in [2.75, 3.05) is 39.5 Å². The first kappa shape index (κ1) is 17.7. The summed E-state index contributed by atoms with van der Waals surface area (Å²) in [6, 6.07) is 0. The molecule has 3 rings (SSSR count). The quantitative estimate of drug-likeness (QED) is 0.760. The van der Waals surface area contributed by atoms with E-state index in [9.17, 15) is 9.59 Å². The molecule has 2 heterocycles. The summed E-state index contributed by atoms with van der Waals surface area (Å²) < 4.78 is 10.3. The monoisotopic (exact) mass is 338 g/mol. The predicted octanol–water partition coefficient (Wildman–Crippen LogP) is 1.10. The third-order valence-corrected chi connectivity index (χ3v) is 5.85. The van der Waals surface area contributed by atoms with Gasteiger partial charge in [0.05, 0.1) is 37.3 Å². The van der Waals surface area contributed by atoms with Crippen LogP contribution in [0, 0.1) is 22.7 Å². The maximum absolute atomic E-state index is 12.1. The summed E-state index contributed by atoms with van der Waals surface area (Å²) >= 11 is 0. The van der Waals surface area contributed by atoms with Crippen molar-refractivity contribution in [2.24, 2.45) is 22.7 Å². The minimum absolute atomic E-state index is 0.124. The number of carbonyl (C=O) groups excluding carboxylic acids is 2. The van der Waals surface area contributed by atoms with Gasteiger partial charge in [-0.15, -0.1) is 0 Å². The first-order valence-electron chi connectivity index (χ1n) is 9.13. The van der Waals surface area contributed by atoms with Gasteiger partial charge in [0, 0.05) is 13.1 Å². The Balaban J connectivity index is 1.31. The first-order valence-corrected chi connectivity index (χ1v) is 9.13. The number of carbonyl (C=O) groups is 2. The summed E-state index contributed by atoms with van der Waals surface area (Å²) in [5, 5.41) is 6.18. The van der Waals surface area contributed by atoms with Gasteiger partial charge in [0.15, 0.2) is 0 Å². The summed E-state index contributed by atoms with van der Waals surface area (Å²) in [6.07, 6.45) is 4.48. The van der Waals surface area contributed by atoms with Gasteiger partial charge in [-0.1, -0.05) is 0 Å². The van der Waals surface area contributed by atoms with E-state index in [1.54, 1.807) is 0 Å². The van der Waals surface area contributed by atoms with Crippen LogP contribution in [0.25, 0.3) is 0 Å². The van der Waals surface area contributed by atoms with E-state index in [0.29, 0.717) is 38.3 Å². The van der Waals surface area contributed by atoms with Gasteiger partial charge in [-0.05, 0) is 51.4 Å². The van der Waals surface area contributed by atoms with Crippen LogP contribution in [0.1, 0.15) is 39.5 Å².